The molecular weight excluding hydrogens is 230 g/mol. The zero-order valence-electron chi connectivity index (χ0n) is 13.6. The third-order valence-electron chi connectivity index (χ3n) is 4.52. The monoisotopic (exact) mass is 267 g/mol. The molecule has 0 radical (unpaired) electrons. The highest BCUT2D eigenvalue weighted by Gasteiger charge is 2.34. The summed E-state index contributed by atoms with van der Waals surface area (Å²) in [6, 6.07) is 0.888. The van der Waals surface area contributed by atoms with Crippen molar-refractivity contribution in [1.29, 1.82) is 0 Å². The molecule has 1 aliphatic carbocycles. The smallest absolute Gasteiger partial charge is 0.00991 e. The fourth-order valence-corrected chi connectivity index (χ4v) is 3.09. The van der Waals surface area contributed by atoms with Gasteiger partial charge in [-0.3, -0.25) is 0 Å². The molecule has 0 amide bonds. The van der Waals surface area contributed by atoms with Crippen LogP contribution in [0.5, 0.6) is 0 Å². The van der Waals surface area contributed by atoms with Gasteiger partial charge in [0, 0.05) is 6.04 Å². The molecule has 0 aromatic heterocycles. The van der Waals surface area contributed by atoms with Crippen LogP contribution in [0.25, 0.3) is 0 Å². The summed E-state index contributed by atoms with van der Waals surface area (Å²) in [5.74, 6) is 1.02. The second kappa shape index (κ2) is 11.8. The van der Waals surface area contributed by atoms with Crippen LogP contribution in [0.1, 0.15) is 97.3 Å². The lowest BCUT2D eigenvalue weighted by Crippen LogP contribution is -2.19. The highest BCUT2D eigenvalue weighted by molar-refractivity contribution is 4.92. The topological polar surface area (TPSA) is 12.0 Å². The van der Waals surface area contributed by atoms with E-state index in [9.17, 15) is 0 Å². The predicted molar refractivity (Wildman–Crippen MR) is 86.6 cm³/mol. The van der Waals surface area contributed by atoms with Crippen molar-refractivity contribution in [3.63, 3.8) is 0 Å². The second-order valence-electron chi connectivity index (χ2n) is 6.53. The average Bonchev–Trinajstić information content (AvgIpc) is 3.15. The predicted octanol–water partition coefficient (Wildman–Crippen LogP) is 5.69. The van der Waals surface area contributed by atoms with Crippen molar-refractivity contribution in [1.82, 2.24) is 5.32 Å². The Kier molecular flexibility index (Phi) is 10.5. The molecule has 0 saturated heterocycles. The molecule has 19 heavy (non-hydrogen) atoms. The Balaban J connectivity index is 1.68. The molecule has 0 spiro atoms. The summed E-state index contributed by atoms with van der Waals surface area (Å²) in [6.45, 7) is 5.86. The first kappa shape index (κ1) is 17.0. The van der Waals surface area contributed by atoms with Gasteiger partial charge < -0.3 is 5.32 Å². The lowest BCUT2D eigenvalue weighted by molar-refractivity contribution is 0.533. The summed E-state index contributed by atoms with van der Waals surface area (Å²) in [4.78, 5) is 0. The van der Waals surface area contributed by atoms with E-state index in [2.05, 4.69) is 19.2 Å². The van der Waals surface area contributed by atoms with E-state index in [4.69, 9.17) is 0 Å². The van der Waals surface area contributed by atoms with Crippen LogP contribution in [-0.2, 0) is 0 Å². The van der Waals surface area contributed by atoms with Crippen LogP contribution in [0.2, 0.25) is 0 Å². The zero-order valence-corrected chi connectivity index (χ0v) is 13.6. The minimum absolute atomic E-state index is 0.888. The molecule has 0 heterocycles. The lowest BCUT2D eigenvalue weighted by atomic mass is 10.1. The molecule has 1 saturated carbocycles. The van der Waals surface area contributed by atoms with Crippen molar-refractivity contribution in [3.8, 4) is 0 Å². The van der Waals surface area contributed by atoms with E-state index in [-0.39, 0.29) is 0 Å². The van der Waals surface area contributed by atoms with E-state index in [1.54, 1.807) is 0 Å². The largest absolute Gasteiger partial charge is 0.314 e. The molecule has 1 N–H and O–H groups in total. The van der Waals surface area contributed by atoms with E-state index < -0.39 is 0 Å². The van der Waals surface area contributed by atoms with Crippen LogP contribution in [0.15, 0.2) is 0 Å². The molecule has 1 heteroatoms. The number of unbranched alkanes of at least 4 members (excludes halogenated alkanes) is 9. The van der Waals surface area contributed by atoms with Gasteiger partial charge in [0.05, 0.1) is 0 Å². The quantitative estimate of drug-likeness (QED) is 0.399. The summed E-state index contributed by atoms with van der Waals surface area (Å²) < 4.78 is 0. The normalized spacial score (nSPS) is 21.8. The van der Waals surface area contributed by atoms with Crippen molar-refractivity contribution in [3.05, 3.63) is 0 Å². The van der Waals surface area contributed by atoms with E-state index >= 15 is 0 Å². The van der Waals surface area contributed by atoms with Crippen molar-refractivity contribution in [2.45, 2.75) is 103 Å². The number of hydrogen-bond acceptors (Lipinski definition) is 1. The molecule has 0 aromatic rings. The minimum Gasteiger partial charge on any atom is -0.314 e. The van der Waals surface area contributed by atoms with Gasteiger partial charge in [-0.05, 0) is 31.7 Å². The van der Waals surface area contributed by atoms with Gasteiger partial charge in [0.25, 0.3) is 0 Å². The van der Waals surface area contributed by atoms with Gasteiger partial charge >= 0.3 is 0 Å². The maximum absolute atomic E-state index is 3.72. The first-order chi connectivity index (χ1) is 9.38. The van der Waals surface area contributed by atoms with E-state index in [0.717, 1.165) is 12.0 Å². The minimum atomic E-state index is 0.888. The number of hydrogen-bond donors (Lipinski definition) is 1. The zero-order chi connectivity index (χ0) is 13.8. The van der Waals surface area contributed by atoms with Gasteiger partial charge in [-0.15, -0.1) is 0 Å². The van der Waals surface area contributed by atoms with Crippen LogP contribution >= 0.6 is 0 Å². The number of rotatable bonds is 14. The van der Waals surface area contributed by atoms with Gasteiger partial charge in [-0.25, -0.2) is 0 Å². The van der Waals surface area contributed by atoms with Crippen molar-refractivity contribution < 1.29 is 0 Å². The average molecular weight is 268 g/mol. The van der Waals surface area contributed by atoms with E-state index in [1.165, 1.54) is 90.0 Å². The fraction of sp³-hybridized carbons (Fsp3) is 1.00. The fourth-order valence-electron chi connectivity index (χ4n) is 3.09. The Hall–Kier alpha value is -0.0400. The van der Waals surface area contributed by atoms with Gasteiger partial charge in [-0.1, -0.05) is 78.1 Å². The third-order valence-corrected chi connectivity index (χ3v) is 4.52. The lowest BCUT2D eigenvalue weighted by Gasteiger charge is -2.04. The first-order valence-corrected chi connectivity index (χ1v) is 9.11. The van der Waals surface area contributed by atoms with Crippen LogP contribution in [0, 0.1) is 5.92 Å². The summed E-state index contributed by atoms with van der Waals surface area (Å²) in [7, 11) is 0. The Morgan fingerprint density at radius 3 is 1.89 bits per heavy atom. The Bertz CT molecular complexity index is 190. The molecule has 0 aromatic carbocycles. The maximum Gasteiger partial charge on any atom is 0.00991 e. The maximum atomic E-state index is 3.72. The molecule has 2 atom stereocenters. The second-order valence-corrected chi connectivity index (χ2v) is 6.53. The van der Waals surface area contributed by atoms with Crippen molar-refractivity contribution in [2.75, 3.05) is 6.54 Å². The molecule has 0 aliphatic heterocycles. The Morgan fingerprint density at radius 1 is 0.737 bits per heavy atom. The van der Waals surface area contributed by atoms with Crippen molar-refractivity contribution >= 4 is 0 Å². The summed E-state index contributed by atoms with van der Waals surface area (Å²) in [5, 5.41) is 3.72. The molecule has 1 rings (SSSR count). The summed E-state index contributed by atoms with van der Waals surface area (Å²) in [5.41, 5.74) is 0. The van der Waals surface area contributed by atoms with Gasteiger partial charge in [-0.2, -0.15) is 0 Å². The molecule has 0 bridgehead atoms. The van der Waals surface area contributed by atoms with E-state index in [0.29, 0.717) is 0 Å². The molecule has 1 aliphatic rings. The first-order valence-electron chi connectivity index (χ1n) is 9.11. The SMILES string of the molecule is CCCCCCCCCCCCNC1CC1CCC. The van der Waals surface area contributed by atoms with Crippen LogP contribution in [0.3, 0.4) is 0 Å². The molecule has 114 valence electrons. The Morgan fingerprint density at radius 2 is 1.32 bits per heavy atom. The van der Waals surface area contributed by atoms with Crippen LogP contribution < -0.4 is 5.32 Å². The summed E-state index contributed by atoms with van der Waals surface area (Å²) in [6.07, 6.45) is 18.7. The van der Waals surface area contributed by atoms with Crippen LogP contribution in [0.4, 0.5) is 0 Å². The highest BCUT2D eigenvalue weighted by Crippen LogP contribution is 2.34. The van der Waals surface area contributed by atoms with Crippen molar-refractivity contribution in [2.24, 2.45) is 5.92 Å². The Labute approximate surface area is 121 Å². The third kappa shape index (κ3) is 9.49. The molecular formula is C18H37N. The van der Waals surface area contributed by atoms with Gasteiger partial charge in [0.1, 0.15) is 0 Å². The molecule has 1 nitrogen and oxygen atoms in total. The molecule has 1 fully saturated rings. The van der Waals surface area contributed by atoms with E-state index in [1.807, 2.05) is 0 Å². The van der Waals surface area contributed by atoms with Gasteiger partial charge in [0.15, 0.2) is 0 Å². The standard InChI is InChI=1S/C18H37N/c1-3-5-6-7-8-9-10-11-12-13-15-19-18-16-17(18)14-4-2/h17-19H,3-16H2,1-2H3. The number of nitrogens with one attached hydrogen (secondary N) is 1. The summed E-state index contributed by atoms with van der Waals surface area (Å²) >= 11 is 0. The molecule has 2 unspecified atom stereocenters. The van der Waals surface area contributed by atoms with Crippen LogP contribution in [-0.4, -0.2) is 12.6 Å². The van der Waals surface area contributed by atoms with Gasteiger partial charge in [0.2, 0.25) is 0 Å². The highest BCUT2D eigenvalue weighted by atomic mass is 15.0.